The van der Waals surface area contributed by atoms with E-state index >= 15 is 0 Å². The van der Waals surface area contributed by atoms with Crippen molar-refractivity contribution in [3.8, 4) is 0 Å². The van der Waals surface area contributed by atoms with E-state index in [9.17, 15) is 19.6 Å². The molecule has 1 heterocycles. The maximum atomic E-state index is 12.0. The smallest absolute Gasteiger partial charge is 0.426 e. The van der Waals surface area contributed by atoms with Crippen molar-refractivity contribution in [2.45, 2.75) is 12.4 Å². The first-order valence-electron chi connectivity index (χ1n) is 6.33. The third kappa shape index (κ3) is 4.25. The molecule has 7 heteroatoms. The summed E-state index contributed by atoms with van der Waals surface area (Å²) in [5.74, 6) is -1.29. The van der Waals surface area contributed by atoms with Gasteiger partial charge in [-0.25, -0.2) is 0 Å². The molecule has 0 aliphatic heterocycles. The van der Waals surface area contributed by atoms with Crippen molar-refractivity contribution in [1.82, 2.24) is 5.32 Å². The maximum Gasteiger partial charge on any atom is 0.480 e. The number of amides is 1. The molecule has 0 bridgehead atoms. The Morgan fingerprint density at radius 2 is 2.14 bits per heavy atom. The van der Waals surface area contributed by atoms with Crippen LogP contribution in [0.4, 0.5) is 0 Å². The summed E-state index contributed by atoms with van der Waals surface area (Å²) in [5.41, 5.74) is 0.875. The average Bonchev–Trinajstić information content (AvgIpc) is 2.97. The van der Waals surface area contributed by atoms with E-state index in [4.69, 9.17) is 0 Å². The van der Waals surface area contributed by atoms with Crippen LogP contribution >= 0.6 is 11.3 Å². The lowest BCUT2D eigenvalue weighted by Gasteiger charge is -2.18. The highest BCUT2D eigenvalue weighted by Gasteiger charge is 2.27. The number of carbonyl (C=O) groups is 2. The van der Waals surface area contributed by atoms with Gasteiger partial charge in [0.1, 0.15) is 6.29 Å². The molecule has 1 aromatic carbocycles. The van der Waals surface area contributed by atoms with Crippen molar-refractivity contribution < 1.29 is 19.6 Å². The van der Waals surface area contributed by atoms with Crippen LogP contribution in [-0.4, -0.2) is 29.4 Å². The highest BCUT2D eigenvalue weighted by atomic mass is 32.1. The molecule has 0 fully saturated rings. The molecule has 0 saturated carbocycles. The fourth-order valence-corrected chi connectivity index (χ4v) is 2.66. The Bertz CT molecular complexity index is 615. The molecule has 0 aliphatic carbocycles. The summed E-state index contributed by atoms with van der Waals surface area (Å²) in [7, 11) is -1.75. The van der Waals surface area contributed by atoms with Gasteiger partial charge in [-0.15, -0.1) is 11.3 Å². The third-order valence-electron chi connectivity index (χ3n) is 2.94. The highest BCUT2D eigenvalue weighted by molar-refractivity contribution is 7.10. The van der Waals surface area contributed by atoms with Crippen molar-refractivity contribution in [2.75, 3.05) is 0 Å². The monoisotopic (exact) mass is 303 g/mol. The highest BCUT2D eigenvalue weighted by Crippen LogP contribution is 2.16. The van der Waals surface area contributed by atoms with E-state index in [1.165, 1.54) is 17.4 Å². The molecule has 1 aromatic heterocycles. The Hall–Kier alpha value is -1.96. The molecule has 2 rings (SSSR count). The van der Waals surface area contributed by atoms with Gasteiger partial charge in [0.15, 0.2) is 0 Å². The molecular formula is C14H14BNO4S. The second kappa shape index (κ2) is 7.17. The van der Waals surface area contributed by atoms with Crippen LogP contribution in [0.3, 0.4) is 0 Å². The standard InChI is InChI=1S/C14H14BNO4S/c17-9-10-3-1-4-11(7-10)14(15(19)20)16-13(18)8-12-5-2-6-21-12/h1-7,9,14,19-20H,8H2,(H,16,18)/t14-/m0/s1. The van der Waals surface area contributed by atoms with Gasteiger partial charge < -0.3 is 15.4 Å². The maximum absolute atomic E-state index is 12.0. The largest absolute Gasteiger partial charge is 0.480 e. The second-order valence-electron chi connectivity index (χ2n) is 4.50. The number of aldehydes is 1. The minimum Gasteiger partial charge on any atom is -0.426 e. The lowest BCUT2D eigenvalue weighted by atomic mass is 9.75. The summed E-state index contributed by atoms with van der Waals surface area (Å²) in [6.07, 6.45) is 0.839. The molecule has 0 unspecified atom stereocenters. The number of rotatable bonds is 6. The average molecular weight is 303 g/mol. The summed E-state index contributed by atoms with van der Waals surface area (Å²) < 4.78 is 0. The fourth-order valence-electron chi connectivity index (χ4n) is 1.95. The van der Waals surface area contributed by atoms with Crippen molar-refractivity contribution in [3.05, 3.63) is 57.8 Å². The van der Waals surface area contributed by atoms with Gasteiger partial charge in [-0.2, -0.15) is 0 Å². The number of hydrogen-bond donors (Lipinski definition) is 3. The second-order valence-corrected chi connectivity index (χ2v) is 5.54. The molecule has 108 valence electrons. The first-order valence-corrected chi connectivity index (χ1v) is 7.21. The molecule has 3 N–H and O–H groups in total. The third-order valence-corrected chi connectivity index (χ3v) is 3.81. The number of thiophene rings is 1. The molecule has 0 spiro atoms. The molecule has 21 heavy (non-hydrogen) atoms. The Kier molecular flexibility index (Phi) is 5.27. The van der Waals surface area contributed by atoms with Gasteiger partial charge >= 0.3 is 7.12 Å². The SMILES string of the molecule is O=Cc1cccc([C@H](NC(=O)Cc2cccs2)B(O)O)c1. The summed E-state index contributed by atoms with van der Waals surface area (Å²) in [6, 6.07) is 10.1. The molecule has 0 aliphatic rings. The zero-order valence-corrected chi connectivity index (χ0v) is 11.9. The van der Waals surface area contributed by atoms with Crippen LogP contribution in [0.5, 0.6) is 0 Å². The molecular weight excluding hydrogens is 289 g/mol. The predicted octanol–water partition coefficient (Wildman–Crippen LogP) is 0.973. The minimum atomic E-state index is -1.75. The molecule has 5 nitrogen and oxygen atoms in total. The van der Waals surface area contributed by atoms with Gasteiger partial charge in [0, 0.05) is 10.4 Å². The van der Waals surface area contributed by atoms with Gasteiger partial charge in [0.2, 0.25) is 5.91 Å². The van der Waals surface area contributed by atoms with Gasteiger partial charge in [-0.05, 0) is 23.1 Å². The lowest BCUT2D eigenvalue weighted by Crippen LogP contribution is -2.39. The quantitative estimate of drug-likeness (QED) is 0.548. The Balaban J connectivity index is 2.11. The van der Waals surface area contributed by atoms with Crippen LogP contribution in [0.2, 0.25) is 0 Å². The molecule has 0 saturated heterocycles. The molecule has 0 radical (unpaired) electrons. The molecule has 1 atom stereocenters. The number of nitrogens with one attached hydrogen (secondary N) is 1. The molecule has 1 amide bonds. The normalized spacial score (nSPS) is 11.7. The van der Waals surface area contributed by atoms with E-state index in [1.54, 1.807) is 18.2 Å². The van der Waals surface area contributed by atoms with Gasteiger partial charge in [-0.1, -0.05) is 24.3 Å². The Labute approximate surface area is 126 Å². The van der Waals surface area contributed by atoms with Crippen molar-refractivity contribution in [1.29, 1.82) is 0 Å². The van der Waals surface area contributed by atoms with Crippen molar-refractivity contribution in [3.63, 3.8) is 0 Å². The summed E-state index contributed by atoms with van der Waals surface area (Å²) in [6.45, 7) is 0. The zero-order chi connectivity index (χ0) is 15.2. The van der Waals surface area contributed by atoms with Gasteiger partial charge in [0.05, 0.1) is 12.4 Å². The number of carbonyl (C=O) groups excluding carboxylic acids is 2. The van der Waals surface area contributed by atoms with Gasteiger partial charge in [-0.3, -0.25) is 9.59 Å². The minimum absolute atomic E-state index is 0.175. The van der Waals surface area contributed by atoms with Crippen molar-refractivity contribution >= 4 is 30.6 Å². The number of benzene rings is 1. The first-order chi connectivity index (χ1) is 10.1. The van der Waals surface area contributed by atoms with Crippen LogP contribution in [0, 0.1) is 0 Å². The van der Waals surface area contributed by atoms with Crippen LogP contribution in [0.15, 0.2) is 41.8 Å². The fraction of sp³-hybridized carbons (Fsp3) is 0.143. The number of hydrogen-bond acceptors (Lipinski definition) is 5. The van der Waals surface area contributed by atoms with Crippen LogP contribution in [0.1, 0.15) is 26.7 Å². The predicted molar refractivity (Wildman–Crippen MR) is 80.9 cm³/mol. The first kappa shape index (κ1) is 15.4. The van der Waals surface area contributed by atoms with E-state index in [0.717, 1.165) is 4.88 Å². The van der Waals surface area contributed by atoms with Crippen LogP contribution < -0.4 is 5.32 Å². The van der Waals surface area contributed by atoms with E-state index in [2.05, 4.69) is 5.32 Å². The molecule has 2 aromatic rings. The Morgan fingerprint density at radius 1 is 1.33 bits per heavy atom. The van der Waals surface area contributed by atoms with Crippen molar-refractivity contribution in [2.24, 2.45) is 0 Å². The Morgan fingerprint density at radius 3 is 2.76 bits per heavy atom. The van der Waals surface area contributed by atoms with E-state index < -0.39 is 13.1 Å². The lowest BCUT2D eigenvalue weighted by molar-refractivity contribution is -0.120. The summed E-state index contributed by atoms with van der Waals surface area (Å²) in [4.78, 5) is 23.6. The van der Waals surface area contributed by atoms with Crippen LogP contribution in [0.25, 0.3) is 0 Å². The van der Waals surface area contributed by atoms with E-state index in [-0.39, 0.29) is 12.3 Å². The summed E-state index contributed by atoms with van der Waals surface area (Å²) in [5, 5.41) is 23.4. The van der Waals surface area contributed by atoms with E-state index in [0.29, 0.717) is 17.4 Å². The van der Waals surface area contributed by atoms with E-state index in [1.807, 2.05) is 17.5 Å². The summed E-state index contributed by atoms with van der Waals surface area (Å²) >= 11 is 1.46. The topological polar surface area (TPSA) is 86.6 Å². The van der Waals surface area contributed by atoms with Gasteiger partial charge in [0.25, 0.3) is 0 Å². The zero-order valence-electron chi connectivity index (χ0n) is 11.1. The van der Waals surface area contributed by atoms with Crippen LogP contribution in [-0.2, 0) is 11.2 Å².